The van der Waals surface area contributed by atoms with E-state index in [2.05, 4.69) is 10.3 Å². The van der Waals surface area contributed by atoms with Crippen LogP contribution in [0.5, 0.6) is 17.2 Å². The summed E-state index contributed by atoms with van der Waals surface area (Å²) in [6.07, 6.45) is 1.61. The van der Waals surface area contributed by atoms with Gasteiger partial charge in [0.1, 0.15) is 12.0 Å². The molecule has 144 valence electrons. The van der Waals surface area contributed by atoms with E-state index in [0.29, 0.717) is 34.6 Å². The number of benzene rings is 2. The summed E-state index contributed by atoms with van der Waals surface area (Å²) >= 11 is 1.46. The highest BCUT2D eigenvalue weighted by Gasteiger charge is 2.14. The van der Waals surface area contributed by atoms with Crippen molar-refractivity contribution in [2.45, 2.75) is 5.75 Å². The molecule has 1 amide bonds. The van der Waals surface area contributed by atoms with Gasteiger partial charge in [-0.25, -0.2) is 4.98 Å². The van der Waals surface area contributed by atoms with Gasteiger partial charge in [0.05, 0.1) is 18.6 Å². The van der Waals surface area contributed by atoms with Crippen LogP contribution in [0.2, 0.25) is 0 Å². The molecule has 0 bridgehead atoms. The fourth-order valence-corrected chi connectivity index (χ4v) is 3.36. The molecular formula is C20H18N2O5S. The van der Waals surface area contributed by atoms with Crippen molar-refractivity contribution in [3.63, 3.8) is 0 Å². The summed E-state index contributed by atoms with van der Waals surface area (Å²) in [5.74, 6) is 3.43. The van der Waals surface area contributed by atoms with Gasteiger partial charge in [-0.3, -0.25) is 4.79 Å². The Balaban J connectivity index is 1.27. The average molecular weight is 398 g/mol. The molecule has 0 atom stereocenters. The minimum atomic E-state index is -0.0947. The van der Waals surface area contributed by atoms with Gasteiger partial charge in [0.25, 0.3) is 0 Å². The third-order valence-corrected chi connectivity index (χ3v) is 4.99. The van der Waals surface area contributed by atoms with Crippen LogP contribution in [-0.4, -0.2) is 30.5 Å². The predicted molar refractivity (Wildman–Crippen MR) is 106 cm³/mol. The quantitative estimate of drug-likeness (QED) is 0.645. The van der Waals surface area contributed by atoms with E-state index in [-0.39, 0.29) is 12.7 Å². The van der Waals surface area contributed by atoms with Crippen LogP contribution in [0.3, 0.4) is 0 Å². The maximum atomic E-state index is 12.1. The minimum absolute atomic E-state index is 0.0947. The van der Waals surface area contributed by atoms with Crippen molar-refractivity contribution in [1.82, 2.24) is 4.98 Å². The molecule has 1 aliphatic heterocycles. The molecule has 0 radical (unpaired) electrons. The number of carbonyl (C=O) groups excluding carboxylic acids is 1. The number of carbonyl (C=O) groups is 1. The van der Waals surface area contributed by atoms with E-state index in [4.69, 9.17) is 18.6 Å². The molecule has 0 saturated carbocycles. The molecule has 7 nitrogen and oxygen atoms in total. The largest absolute Gasteiger partial charge is 0.497 e. The second-order valence-corrected chi connectivity index (χ2v) is 6.97. The summed E-state index contributed by atoms with van der Waals surface area (Å²) in [5.41, 5.74) is 2.34. The summed E-state index contributed by atoms with van der Waals surface area (Å²) in [5, 5.41) is 2.85. The molecular weight excluding hydrogens is 380 g/mol. The Labute approximate surface area is 166 Å². The number of hydrogen-bond donors (Lipinski definition) is 1. The summed E-state index contributed by atoms with van der Waals surface area (Å²) in [7, 11) is 1.62. The fraction of sp³-hybridized carbons (Fsp3) is 0.200. The molecule has 1 N–H and O–H groups in total. The molecule has 8 heteroatoms. The maximum absolute atomic E-state index is 12.1. The molecule has 4 rings (SSSR count). The molecule has 28 heavy (non-hydrogen) atoms. The van der Waals surface area contributed by atoms with Gasteiger partial charge in [-0.15, -0.1) is 11.8 Å². The topological polar surface area (TPSA) is 82.8 Å². The number of aromatic nitrogens is 1. The van der Waals surface area contributed by atoms with Crippen molar-refractivity contribution in [2.75, 3.05) is 25.0 Å². The van der Waals surface area contributed by atoms with Crippen molar-refractivity contribution >= 4 is 23.4 Å². The number of thioether (sulfide) groups is 1. The zero-order valence-electron chi connectivity index (χ0n) is 15.1. The lowest BCUT2D eigenvalue weighted by molar-refractivity contribution is -0.113. The highest BCUT2D eigenvalue weighted by atomic mass is 32.2. The third-order valence-electron chi connectivity index (χ3n) is 4.03. The lowest BCUT2D eigenvalue weighted by Crippen LogP contribution is -2.14. The highest BCUT2D eigenvalue weighted by molar-refractivity contribution is 7.99. The summed E-state index contributed by atoms with van der Waals surface area (Å²) in [6.45, 7) is 0.207. The van der Waals surface area contributed by atoms with Crippen LogP contribution in [0.1, 0.15) is 5.69 Å². The fourth-order valence-electron chi connectivity index (χ4n) is 2.66. The van der Waals surface area contributed by atoms with E-state index in [0.717, 1.165) is 17.0 Å². The molecule has 0 unspecified atom stereocenters. The van der Waals surface area contributed by atoms with Gasteiger partial charge >= 0.3 is 0 Å². The zero-order valence-corrected chi connectivity index (χ0v) is 16.0. The summed E-state index contributed by atoms with van der Waals surface area (Å²) < 4.78 is 21.2. The Morgan fingerprint density at radius 3 is 2.82 bits per heavy atom. The standard InChI is InChI=1S/C20H18N2O5S/c1-24-16-5-2-13(3-6-16)20-22-15(9-25-20)10-28-11-19(23)21-14-4-7-17-18(8-14)27-12-26-17/h2-9H,10-12H2,1H3,(H,21,23). The van der Waals surface area contributed by atoms with E-state index >= 15 is 0 Å². The number of hydrogen-bond acceptors (Lipinski definition) is 7. The number of oxazole rings is 1. The van der Waals surface area contributed by atoms with E-state index < -0.39 is 0 Å². The second-order valence-electron chi connectivity index (χ2n) is 5.98. The Morgan fingerprint density at radius 2 is 2.00 bits per heavy atom. The molecule has 2 aromatic carbocycles. The van der Waals surface area contributed by atoms with E-state index in [1.165, 1.54) is 11.8 Å². The van der Waals surface area contributed by atoms with Gasteiger partial charge in [0.2, 0.25) is 18.6 Å². The van der Waals surface area contributed by atoms with Gasteiger partial charge in [-0.1, -0.05) is 0 Å². The molecule has 1 aliphatic rings. The molecule has 2 heterocycles. The van der Waals surface area contributed by atoms with Crippen molar-refractivity contribution in [3.05, 3.63) is 54.4 Å². The van der Waals surface area contributed by atoms with Crippen LogP contribution < -0.4 is 19.5 Å². The number of nitrogens with one attached hydrogen (secondary N) is 1. The maximum Gasteiger partial charge on any atom is 0.234 e. The van der Waals surface area contributed by atoms with Crippen LogP contribution in [0.4, 0.5) is 5.69 Å². The van der Waals surface area contributed by atoms with Crippen molar-refractivity contribution in [1.29, 1.82) is 0 Å². The molecule has 1 aromatic heterocycles. The molecule has 0 aliphatic carbocycles. The Hall–Kier alpha value is -3.13. The van der Waals surface area contributed by atoms with Crippen LogP contribution in [0.25, 0.3) is 11.5 Å². The Bertz CT molecular complexity index is 971. The number of ether oxygens (including phenoxy) is 3. The van der Waals surface area contributed by atoms with E-state index in [9.17, 15) is 4.79 Å². The number of anilines is 1. The number of fused-ring (bicyclic) bond motifs is 1. The predicted octanol–water partition coefficient (Wildman–Crippen LogP) is 3.95. The molecule has 3 aromatic rings. The van der Waals surface area contributed by atoms with E-state index in [1.807, 2.05) is 24.3 Å². The van der Waals surface area contributed by atoms with E-state index in [1.54, 1.807) is 31.6 Å². The van der Waals surface area contributed by atoms with Crippen molar-refractivity contribution in [3.8, 4) is 28.7 Å². The highest BCUT2D eigenvalue weighted by Crippen LogP contribution is 2.34. The van der Waals surface area contributed by atoms with Gasteiger partial charge in [0, 0.05) is 23.1 Å². The van der Waals surface area contributed by atoms with Crippen LogP contribution in [-0.2, 0) is 10.5 Å². The zero-order chi connectivity index (χ0) is 19.3. The van der Waals surface area contributed by atoms with Crippen LogP contribution in [0.15, 0.2) is 53.1 Å². The van der Waals surface area contributed by atoms with Gasteiger partial charge in [-0.2, -0.15) is 0 Å². The third kappa shape index (κ3) is 4.23. The Kier molecular flexibility index (Phi) is 5.38. The Morgan fingerprint density at radius 1 is 1.18 bits per heavy atom. The van der Waals surface area contributed by atoms with Crippen LogP contribution >= 0.6 is 11.8 Å². The number of nitrogens with zero attached hydrogens (tertiary/aromatic N) is 1. The van der Waals surface area contributed by atoms with Crippen LogP contribution in [0, 0.1) is 0 Å². The molecule has 0 spiro atoms. The number of methoxy groups -OCH3 is 1. The van der Waals surface area contributed by atoms with Gasteiger partial charge in [-0.05, 0) is 36.4 Å². The first-order chi connectivity index (χ1) is 13.7. The average Bonchev–Trinajstić information content (AvgIpc) is 3.37. The van der Waals surface area contributed by atoms with Crippen molar-refractivity contribution in [2.24, 2.45) is 0 Å². The first kappa shape index (κ1) is 18.2. The summed E-state index contributed by atoms with van der Waals surface area (Å²) in [4.78, 5) is 16.6. The second kappa shape index (κ2) is 8.26. The smallest absolute Gasteiger partial charge is 0.234 e. The number of amides is 1. The SMILES string of the molecule is COc1ccc(-c2nc(CSCC(=O)Nc3ccc4c(c3)OCO4)co2)cc1. The van der Waals surface area contributed by atoms with Gasteiger partial charge < -0.3 is 23.9 Å². The minimum Gasteiger partial charge on any atom is -0.497 e. The molecule has 0 fully saturated rings. The first-order valence-electron chi connectivity index (χ1n) is 8.57. The molecule has 0 saturated heterocycles. The summed E-state index contributed by atoms with van der Waals surface area (Å²) in [6, 6.07) is 12.8. The van der Waals surface area contributed by atoms with Gasteiger partial charge in [0.15, 0.2) is 11.5 Å². The van der Waals surface area contributed by atoms with Crippen molar-refractivity contribution < 1.29 is 23.4 Å². The first-order valence-corrected chi connectivity index (χ1v) is 9.73. The number of rotatable bonds is 7. The lowest BCUT2D eigenvalue weighted by atomic mass is 10.2. The lowest BCUT2D eigenvalue weighted by Gasteiger charge is -2.05. The normalized spacial score (nSPS) is 12.0. The monoisotopic (exact) mass is 398 g/mol.